The Morgan fingerprint density at radius 3 is 2.50 bits per heavy atom. The molecule has 1 unspecified atom stereocenters. The summed E-state index contributed by atoms with van der Waals surface area (Å²) in [6, 6.07) is 0. The molecule has 0 bridgehead atoms. The number of thioether (sulfide) groups is 1. The SMILES string of the molecule is CC(C)(O)C1CSC(=O)C1. The van der Waals surface area contributed by atoms with Crippen LogP contribution in [-0.4, -0.2) is 21.6 Å². The predicted octanol–water partition coefficient (Wildman–Crippen LogP) is 1.04. The van der Waals surface area contributed by atoms with E-state index >= 15 is 0 Å². The van der Waals surface area contributed by atoms with Crippen molar-refractivity contribution >= 4 is 16.9 Å². The van der Waals surface area contributed by atoms with Crippen molar-refractivity contribution in [3.63, 3.8) is 0 Å². The van der Waals surface area contributed by atoms with Gasteiger partial charge in [-0.1, -0.05) is 11.8 Å². The molecule has 1 N–H and O–H groups in total. The zero-order valence-electron chi connectivity index (χ0n) is 6.26. The fraction of sp³-hybridized carbons (Fsp3) is 0.857. The molecule has 0 aromatic carbocycles. The minimum atomic E-state index is -0.681. The highest BCUT2D eigenvalue weighted by molar-refractivity contribution is 8.14. The summed E-state index contributed by atoms with van der Waals surface area (Å²) in [5, 5.41) is 9.68. The van der Waals surface area contributed by atoms with E-state index in [2.05, 4.69) is 0 Å². The Hall–Kier alpha value is -0.0200. The highest BCUT2D eigenvalue weighted by Crippen LogP contribution is 2.32. The zero-order valence-corrected chi connectivity index (χ0v) is 7.07. The van der Waals surface area contributed by atoms with Crippen LogP contribution in [0.4, 0.5) is 0 Å². The van der Waals surface area contributed by atoms with Crippen LogP contribution in [0.3, 0.4) is 0 Å². The maximum absolute atomic E-state index is 10.8. The first-order chi connectivity index (χ1) is 4.50. The third-order valence-electron chi connectivity index (χ3n) is 1.86. The first kappa shape index (κ1) is 8.08. The zero-order chi connectivity index (χ0) is 7.78. The molecule has 0 amide bonds. The molecule has 0 aromatic rings. The molecule has 1 heterocycles. The van der Waals surface area contributed by atoms with Crippen LogP contribution in [0.5, 0.6) is 0 Å². The Bertz CT molecular complexity index is 148. The minimum absolute atomic E-state index is 0.157. The molecule has 1 aliphatic heterocycles. The van der Waals surface area contributed by atoms with Crippen molar-refractivity contribution in [2.24, 2.45) is 5.92 Å². The first-order valence-corrected chi connectivity index (χ1v) is 4.36. The molecular weight excluding hydrogens is 148 g/mol. The molecule has 2 nitrogen and oxygen atoms in total. The molecule has 1 fully saturated rings. The predicted molar refractivity (Wildman–Crippen MR) is 41.9 cm³/mol. The van der Waals surface area contributed by atoms with E-state index in [9.17, 15) is 9.90 Å². The molecule has 0 spiro atoms. The summed E-state index contributed by atoms with van der Waals surface area (Å²) < 4.78 is 0. The van der Waals surface area contributed by atoms with E-state index in [1.807, 2.05) is 0 Å². The van der Waals surface area contributed by atoms with Crippen LogP contribution >= 0.6 is 11.8 Å². The normalized spacial score (nSPS) is 27.5. The topological polar surface area (TPSA) is 37.3 Å². The highest BCUT2D eigenvalue weighted by Gasteiger charge is 2.33. The number of hydrogen-bond donors (Lipinski definition) is 1. The summed E-state index contributed by atoms with van der Waals surface area (Å²) in [6.45, 7) is 3.52. The lowest BCUT2D eigenvalue weighted by Gasteiger charge is -2.23. The molecule has 3 heteroatoms. The van der Waals surface area contributed by atoms with Gasteiger partial charge in [0.05, 0.1) is 5.60 Å². The van der Waals surface area contributed by atoms with Gasteiger partial charge in [-0.25, -0.2) is 0 Å². The van der Waals surface area contributed by atoms with Gasteiger partial charge in [-0.15, -0.1) is 0 Å². The summed E-state index contributed by atoms with van der Waals surface area (Å²) in [5.74, 6) is 0.937. The van der Waals surface area contributed by atoms with Gasteiger partial charge in [0.25, 0.3) is 0 Å². The fourth-order valence-corrected chi connectivity index (χ4v) is 2.20. The van der Waals surface area contributed by atoms with Crippen LogP contribution in [-0.2, 0) is 4.79 Å². The Labute approximate surface area is 65.0 Å². The van der Waals surface area contributed by atoms with E-state index in [0.717, 1.165) is 5.75 Å². The smallest absolute Gasteiger partial charge is 0.189 e. The number of rotatable bonds is 1. The lowest BCUT2D eigenvalue weighted by molar-refractivity contribution is -0.112. The first-order valence-electron chi connectivity index (χ1n) is 3.38. The molecular formula is C7H12O2S. The molecule has 0 radical (unpaired) electrons. The summed E-state index contributed by atoms with van der Waals surface area (Å²) in [7, 11) is 0. The Balaban J connectivity index is 2.53. The number of carbonyl (C=O) groups is 1. The standard InChI is InChI=1S/C7H12O2S/c1-7(2,9)5-3-6(8)10-4-5/h5,9H,3-4H2,1-2H3. The van der Waals surface area contributed by atoms with Gasteiger partial charge in [-0.3, -0.25) is 4.79 Å². The molecule has 1 saturated heterocycles. The maximum atomic E-state index is 10.8. The summed E-state index contributed by atoms with van der Waals surface area (Å²) in [5.41, 5.74) is -0.681. The third kappa shape index (κ3) is 1.73. The van der Waals surface area contributed by atoms with E-state index < -0.39 is 5.60 Å². The lowest BCUT2D eigenvalue weighted by Crippen LogP contribution is -2.30. The van der Waals surface area contributed by atoms with Crippen LogP contribution in [0.2, 0.25) is 0 Å². The van der Waals surface area contributed by atoms with Crippen LogP contribution in [0.1, 0.15) is 20.3 Å². The van der Waals surface area contributed by atoms with Gasteiger partial charge in [0.15, 0.2) is 5.12 Å². The van der Waals surface area contributed by atoms with Crippen LogP contribution in [0.15, 0.2) is 0 Å². The van der Waals surface area contributed by atoms with Crippen LogP contribution in [0.25, 0.3) is 0 Å². The van der Waals surface area contributed by atoms with E-state index in [0.29, 0.717) is 6.42 Å². The van der Waals surface area contributed by atoms with Crippen molar-refractivity contribution in [2.45, 2.75) is 25.9 Å². The number of carbonyl (C=O) groups excluding carboxylic acids is 1. The lowest BCUT2D eigenvalue weighted by atomic mass is 9.91. The van der Waals surface area contributed by atoms with Gasteiger partial charge in [-0.05, 0) is 13.8 Å². The maximum Gasteiger partial charge on any atom is 0.189 e. The van der Waals surface area contributed by atoms with E-state index in [1.54, 1.807) is 13.8 Å². The van der Waals surface area contributed by atoms with Gasteiger partial charge in [-0.2, -0.15) is 0 Å². The number of hydrogen-bond acceptors (Lipinski definition) is 3. The molecule has 0 saturated carbocycles. The second-order valence-corrected chi connectivity index (χ2v) is 4.32. The van der Waals surface area contributed by atoms with Crippen molar-refractivity contribution < 1.29 is 9.90 Å². The Morgan fingerprint density at radius 2 is 2.30 bits per heavy atom. The van der Waals surface area contributed by atoms with E-state index in [1.165, 1.54) is 11.8 Å². The Kier molecular flexibility index (Phi) is 2.06. The largest absolute Gasteiger partial charge is 0.390 e. The second-order valence-electron chi connectivity index (χ2n) is 3.24. The van der Waals surface area contributed by atoms with Crippen molar-refractivity contribution in [3.8, 4) is 0 Å². The van der Waals surface area contributed by atoms with Crippen molar-refractivity contribution in [1.82, 2.24) is 0 Å². The van der Waals surface area contributed by atoms with E-state index in [4.69, 9.17) is 0 Å². The molecule has 10 heavy (non-hydrogen) atoms. The average Bonchev–Trinajstić information content (AvgIpc) is 2.11. The fourth-order valence-electron chi connectivity index (χ4n) is 0.966. The summed E-state index contributed by atoms with van der Waals surface area (Å²) >= 11 is 1.33. The van der Waals surface area contributed by atoms with Gasteiger partial charge >= 0.3 is 0 Å². The molecule has 0 aliphatic carbocycles. The summed E-state index contributed by atoms with van der Waals surface area (Å²) in [6.07, 6.45) is 0.536. The van der Waals surface area contributed by atoms with Crippen molar-refractivity contribution in [3.05, 3.63) is 0 Å². The van der Waals surface area contributed by atoms with Crippen molar-refractivity contribution in [1.29, 1.82) is 0 Å². The van der Waals surface area contributed by atoms with Gasteiger partial charge in [0.1, 0.15) is 0 Å². The molecule has 1 atom stereocenters. The number of aliphatic hydroxyl groups is 1. The van der Waals surface area contributed by atoms with Crippen molar-refractivity contribution in [2.75, 3.05) is 5.75 Å². The van der Waals surface area contributed by atoms with Crippen LogP contribution in [0, 0.1) is 5.92 Å². The van der Waals surface area contributed by atoms with Crippen LogP contribution < -0.4 is 0 Å². The molecule has 58 valence electrons. The molecule has 1 rings (SSSR count). The van der Waals surface area contributed by atoms with E-state index in [-0.39, 0.29) is 11.0 Å². The summed E-state index contributed by atoms with van der Waals surface area (Å²) in [4.78, 5) is 10.8. The van der Waals surface area contributed by atoms with Gasteiger partial charge < -0.3 is 5.11 Å². The monoisotopic (exact) mass is 160 g/mol. The molecule has 0 aromatic heterocycles. The van der Waals surface area contributed by atoms with Gasteiger partial charge in [0.2, 0.25) is 0 Å². The van der Waals surface area contributed by atoms with Gasteiger partial charge in [0, 0.05) is 18.1 Å². The highest BCUT2D eigenvalue weighted by atomic mass is 32.2. The third-order valence-corrected chi connectivity index (χ3v) is 2.92. The molecule has 1 aliphatic rings. The minimum Gasteiger partial charge on any atom is -0.390 e. The average molecular weight is 160 g/mol. The second kappa shape index (κ2) is 2.55. The quantitative estimate of drug-likeness (QED) is 0.622. The Morgan fingerprint density at radius 1 is 1.70 bits per heavy atom.